The molecule has 0 bridgehead atoms. The zero-order valence-electron chi connectivity index (χ0n) is 15.3. The number of aromatic nitrogens is 2. The minimum Gasteiger partial charge on any atom is -0.444 e. The zero-order valence-corrected chi connectivity index (χ0v) is 15.3. The normalized spacial score (nSPS) is 14.2. The summed E-state index contributed by atoms with van der Waals surface area (Å²) in [6, 6.07) is 6.37. The summed E-state index contributed by atoms with van der Waals surface area (Å²) < 4.78 is 5.49. The summed E-state index contributed by atoms with van der Waals surface area (Å²) in [6.07, 6.45) is 2.45. The topological polar surface area (TPSA) is 70.2 Å². The maximum atomic E-state index is 12.3. The lowest BCUT2D eigenvalue weighted by atomic mass is 9.99. The molecule has 25 heavy (non-hydrogen) atoms. The Morgan fingerprint density at radius 3 is 2.84 bits per heavy atom. The molecule has 3 rings (SSSR count). The van der Waals surface area contributed by atoms with E-state index in [2.05, 4.69) is 33.7 Å². The number of H-pyrrole nitrogens is 1. The first-order valence-electron chi connectivity index (χ1n) is 8.64. The highest BCUT2D eigenvalue weighted by atomic mass is 16.6. The first-order chi connectivity index (χ1) is 11.8. The molecule has 0 spiro atoms. The summed E-state index contributed by atoms with van der Waals surface area (Å²) in [4.78, 5) is 14.1. The van der Waals surface area contributed by atoms with Crippen molar-refractivity contribution >= 4 is 11.8 Å². The highest BCUT2D eigenvalue weighted by Gasteiger charge is 2.25. The predicted molar refractivity (Wildman–Crippen MR) is 97.4 cm³/mol. The number of hydrogen-bond donors (Lipinski definition) is 2. The number of carbonyl (C=O) groups excluding carboxylic acids is 1. The third-order valence-corrected chi connectivity index (χ3v) is 4.29. The molecule has 0 saturated carbocycles. The smallest absolute Gasteiger partial charge is 0.410 e. The van der Waals surface area contributed by atoms with Crippen molar-refractivity contribution in [3.63, 3.8) is 0 Å². The van der Waals surface area contributed by atoms with E-state index in [-0.39, 0.29) is 6.09 Å². The number of aromatic amines is 1. The van der Waals surface area contributed by atoms with Crippen molar-refractivity contribution in [2.45, 2.75) is 52.8 Å². The van der Waals surface area contributed by atoms with Crippen molar-refractivity contribution in [2.24, 2.45) is 0 Å². The highest BCUT2D eigenvalue weighted by Crippen LogP contribution is 2.24. The summed E-state index contributed by atoms with van der Waals surface area (Å²) in [5.74, 6) is 0. The quantitative estimate of drug-likeness (QED) is 0.894. The minimum absolute atomic E-state index is 0.245. The number of rotatable bonds is 3. The molecule has 0 unspecified atom stereocenters. The van der Waals surface area contributed by atoms with Crippen molar-refractivity contribution in [3.05, 3.63) is 46.8 Å². The van der Waals surface area contributed by atoms with Gasteiger partial charge in [-0.1, -0.05) is 6.07 Å². The first-order valence-corrected chi connectivity index (χ1v) is 8.64. The third-order valence-electron chi connectivity index (χ3n) is 4.29. The second-order valence-corrected chi connectivity index (χ2v) is 7.51. The monoisotopic (exact) mass is 342 g/mol. The van der Waals surface area contributed by atoms with Gasteiger partial charge in [-0.2, -0.15) is 5.10 Å². The maximum Gasteiger partial charge on any atom is 0.410 e. The van der Waals surface area contributed by atoms with Gasteiger partial charge in [0.1, 0.15) is 5.60 Å². The molecule has 1 aromatic heterocycles. The molecule has 1 aliphatic heterocycles. The van der Waals surface area contributed by atoms with Crippen LogP contribution in [0.15, 0.2) is 24.4 Å². The van der Waals surface area contributed by atoms with Gasteiger partial charge in [0.25, 0.3) is 0 Å². The van der Waals surface area contributed by atoms with Gasteiger partial charge < -0.3 is 15.0 Å². The number of fused-ring (bicyclic) bond motifs is 1. The summed E-state index contributed by atoms with van der Waals surface area (Å²) in [5.41, 5.74) is 5.26. The summed E-state index contributed by atoms with van der Waals surface area (Å²) in [6.45, 7) is 9.69. The van der Waals surface area contributed by atoms with Gasteiger partial charge in [-0.15, -0.1) is 0 Å². The average molecular weight is 342 g/mol. The SMILES string of the molecule is Cc1[nH]ncc1CNc1ccc2c(c1)CN(C(=O)OC(C)(C)C)CC2. The molecule has 1 aliphatic rings. The Labute approximate surface area is 148 Å². The van der Waals surface area contributed by atoms with E-state index >= 15 is 0 Å². The van der Waals surface area contributed by atoms with Crippen LogP contribution in [0, 0.1) is 6.92 Å². The molecule has 1 aromatic carbocycles. The van der Waals surface area contributed by atoms with Crippen LogP contribution in [0.5, 0.6) is 0 Å². The Kier molecular flexibility index (Phi) is 4.70. The van der Waals surface area contributed by atoms with Gasteiger partial charge in [-0.05, 0) is 57.4 Å². The van der Waals surface area contributed by atoms with Gasteiger partial charge >= 0.3 is 6.09 Å². The summed E-state index contributed by atoms with van der Waals surface area (Å²) >= 11 is 0. The largest absolute Gasteiger partial charge is 0.444 e. The second kappa shape index (κ2) is 6.78. The molecule has 2 heterocycles. The molecular formula is C19H26N4O2. The van der Waals surface area contributed by atoms with E-state index in [1.54, 1.807) is 4.90 Å². The number of nitrogens with zero attached hydrogens (tertiary/aromatic N) is 2. The van der Waals surface area contributed by atoms with E-state index in [9.17, 15) is 4.79 Å². The molecular weight excluding hydrogens is 316 g/mol. The zero-order chi connectivity index (χ0) is 18.0. The van der Waals surface area contributed by atoms with Crippen LogP contribution in [-0.4, -0.2) is 33.3 Å². The molecule has 0 fully saturated rings. The fourth-order valence-corrected chi connectivity index (χ4v) is 2.90. The van der Waals surface area contributed by atoms with E-state index in [0.29, 0.717) is 13.1 Å². The van der Waals surface area contributed by atoms with Crippen molar-refractivity contribution in [1.82, 2.24) is 15.1 Å². The lowest BCUT2D eigenvalue weighted by molar-refractivity contribution is 0.0224. The van der Waals surface area contributed by atoms with Gasteiger partial charge in [-0.25, -0.2) is 4.79 Å². The molecule has 0 radical (unpaired) electrons. The van der Waals surface area contributed by atoms with Crippen LogP contribution in [0.3, 0.4) is 0 Å². The van der Waals surface area contributed by atoms with Crippen LogP contribution in [-0.2, 0) is 24.2 Å². The number of ether oxygens (including phenoxy) is 1. The Hall–Kier alpha value is -2.50. The lowest BCUT2D eigenvalue weighted by Crippen LogP contribution is -2.39. The average Bonchev–Trinajstić information content (AvgIpc) is 2.95. The summed E-state index contributed by atoms with van der Waals surface area (Å²) in [7, 11) is 0. The number of anilines is 1. The molecule has 1 amide bonds. The van der Waals surface area contributed by atoms with Crippen molar-refractivity contribution < 1.29 is 9.53 Å². The molecule has 2 N–H and O–H groups in total. The van der Waals surface area contributed by atoms with E-state index in [1.165, 1.54) is 11.1 Å². The number of aryl methyl sites for hydroxylation is 1. The fourth-order valence-electron chi connectivity index (χ4n) is 2.90. The van der Waals surface area contributed by atoms with E-state index < -0.39 is 5.60 Å². The van der Waals surface area contributed by atoms with Crippen molar-refractivity contribution in [3.8, 4) is 0 Å². The Morgan fingerprint density at radius 2 is 2.16 bits per heavy atom. The highest BCUT2D eigenvalue weighted by molar-refractivity contribution is 5.69. The molecule has 2 aromatic rings. The molecule has 0 aliphatic carbocycles. The summed E-state index contributed by atoms with van der Waals surface area (Å²) in [5, 5.41) is 10.4. The van der Waals surface area contributed by atoms with Crippen LogP contribution in [0.1, 0.15) is 43.2 Å². The number of amides is 1. The molecule has 0 atom stereocenters. The minimum atomic E-state index is -0.469. The number of benzene rings is 1. The van der Waals surface area contributed by atoms with Crippen LogP contribution in [0.2, 0.25) is 0 Å². The Balaban J connectivity index is 1.67. The van der Waals surface area contributed by atoms with Gasteiger partial charge in [-0.3, -0.25) is 5.10 Å². The Morgan fingerprint density at radius 1 is 1.36 bits per heavy atom. The van der Waals surface area contributed by atoms with E-state index in [1.807, 2.05) is 33.9 Å². The van der Waals surface area contributed by atoms with Crippen molar-refractivity contribution in [1.29, 1.82) is 0 Å². The number of hydrogen-bond acceptors (Lipinski definition) is 4. The van der Waals surface area contributed by atoms with E-state index in [0.717, 1.165) is 29.9 Å². The molecule has 134 valence electrons. The standard InChI is InChI=1S/C19H26N4O2/c1-13-16(11-21-22-13)10-20-17-6-5-14-7-8-23(12-15(14)9-17)18(24)25-19(2,3)4/h5-6,9,11,20H,7-8,10,12H2,1-4H3,(H,21,22). The van der Waals surface area contributed by atoms with Crippen LogP contribution in [0.4, 0.5) is 10.5 Å². The number of nitrogens with one attached hydrogen (secondary N) is 2. The van der Waals surface area contributed by atoms with Gasteiger partial charge in [0, 0.05) is 36.6 Å². The number of carbonyl (C=O) groups is 1. The van der Waals surface area contributed by atoms with Gasteiger partial charge in [0.15, 0.2) is 0 Å². The fraction of sp³-hybridized carbons (Fsp3) is 0.474. The Bertz CT molecular complexity index is 761. The first kappa shape index (κ1) is 17.3. The molecule has 6 nitrogen and oxygen atoms in total. The van der Waals surface area contributed by atoms with E-state index in [4.69, 9.17) is 4.74 Å². The van der Waals surface area contributed by atoms with Crippen LogP contribution in [0.25, 0.3) is 0 Å². The van der Waals surface area contributed by atoms with Crippen LogP contribution >= 0.6 is 0 Å². The predicted octanol–water partition coefficient (Wildman–Crippen LogP) is 3.62. The van der Waals surface area contributed by atoms with Gasteiger partial charge in [0.05, 0.1) is 6.20 Å². The second-order valence-electron chi connectivity index (χ2n) is 7.51. The molecule has 6 heteroatoms. The lowest BCUT2D eigenvalue weighted by Gasteiger charge is -2.31. The molecule has 0 saturated heterocycles. The third kappa shape index (κ3) is 4.32. The maximum absolute atomic E-state index is 12.3. The van der Waals surface area contributed by atoms with Crippen molar-refractivity contribution in [2.75, 3.05) is 11.9 Å². The van der Waals surface area contributed by atoms with Gasteiger partial charge in [0.2, 0.25) is 0 Å². The van der Waals surface area contributed by atoms with Crippen LogP contribution < -0.4 is 5.32 Å².